The highest BCUT2D eigenvalue weighted by atomic mass is 19.4. The molecule has 0 heterocycles. The van der Waals surface area contributed by atoms with Crippen LogP contribution in [-0.4, -0.2) is 12.9 Å². The Morgan fingerprint density at radius 3 is 2.41 bits per heavy atom. The van der Waals surface area contributed by atoms with Crippen molar-refractivity contribution in [2.75, 3.05) is 7.11 Å². The molecule has 3 rings (SSSR count). The zero-order chi connectivity index (χ0) is 21.2. The van der Waals surface area contributed by atoms with E-state index < -0.39 is 41.2 Å². The summed E-state index contributed by atoms with van der Waals surface area (Å²) < 4.78 is 58.0. The Labute approximate surface area is 164 Å². The van der Waals surface area contributed by atoms with E-state index in [0.29, 0.717) is 23.9 Å². The topological polar surface area (TPSA) is 50.1 Å². The van der Waals surface area contributed by atoms with Gasteiger partial charge in [0.2, 0.25) is 0 Å². The van der Waals surface area contributed by atoms with E-state index in [1.807, 2.05) is 0 Å². The number of ether oxygens (including phenoxy) is 1. The van der Waals surface area contributed by atoms with E-state index in [-0.39, 0.29) is 5.56 Å². The molecule has 3 nitrogen and oxygen atoms in total. The van der Waals surface area contributed by atoms with E-state index in [9.17, 15) is 27.6 Å². The maximum atomic E-state index is 14.1. The summed E-state index contributed by atoms with van der Waals surface area (Å²) in [5, 5.41) is 11.0. The predicted molar refractivity (Wildman–Crippen MR) is 99.2 cm³/mol. The standard InChI is InChI=1S/C22H15F4NO2/c1-29-18-6-4-13-8-15(3-2-14(13)9-18)21(28)10-16(12-27)19-11-17(22(24,25)26)5-7-20(19)23/h2-9,11,16H,10H2,1H3. The van der Waals surface area contributed by atoms with Crippen LogP contribution in [0.25, 0.3) is 10.8 Å². The smallest absolute Gasteiger partial charge is 0.416 e. The summed E-state index contributed by atoms with van der Waals surface area (Å²) in [4.78, 5) is 12.6. The van der Waals surface area contributed by atoms with Crippen LogP contribution in [0.15, 0.2) is 54.6 Å². The first-order chi connectivity index (χ1) is 13.7. The predicted octanol–water partition coefficient (Wildman–Crippen LogP) is 5.89. The number of Topliss-reactive ketones (excluding diaryl/α,β-unsaturated/α-hetero) is 1. The largest absolute Gasteiger partial charge is 0.497 e. The van der Waals surface area contributed by atoms with Gasteiger partial charge >= 0.3 is 6.18 Å². The molecule has 0 fully saturated rings. The molecular weight excluding hydrogens is 386 g/mol. The molecule has 0 N–H and O–H groups in total. The number of alkyl halides is 3. The van der Waals surface area contributed by atoms with E-state index in [1.54, 1.807) is 42.5 Å². The monoisotopic (exact) mass is 401 g/mol. The van der Waals surface area contributed by atoms with Crippen LogP contribution >= 0.6 is 0 Å². The number of methoxy groups -OCH3 is 1. The molecule has 0 aliphatic heterocycles. The third-order valence-corrected chi connectivity index (χ3v) is 4.61. The van der Waals surface area contributed by atoms with Crippen LogP contribution < -0.4 is 4.74 Å². The molecule has 3 aromatic carbocycles. The number of nitrogens with zero attached hydrogens (tertiary/aromatic N) is 1. The van der Waals surface area contributed by atoms with Gasteiger partial charge in [-0.25, -0.2) is 4.39 Å². The number of rotatable bonds is 5. The van der Waals surface area contributed by atoms with Crippen molar-refractivity contribution >= 4 is 16.6 Å². The van der Waals surface area contributed by atoms with Crippen LogP contribution in [0.4, 0.5) is 17.6 Å². The molecule has 3 aromatic rings. The quantitative estimate of drug-likeness (QED) is 0.396. The Bertz CT molecular complexity index is 1120. The molecule has 0 spiro atoms. The molecule has 0 aliphatic rings. The second-order valence-electron chi connectivity index (χ2n) is 6.47. The zero-order valence-electron chi connectivity index (χ0n) is 15.3. The van der Waals surface area contributed by atoms with E-state index in [2.05, 4.69) is 0 Å². The van der Waals surface area contributed by atoms with E-state index in [0.717, 1.165) is 10.8 Å². The fraction of sp³-hybridized carbons (Fsp3) is 0.182. The SMILES string of the molecule is COc1ccc2cc(C(=O)CC(C#N)c3cc(C(F)(F)F)ccc3F)ccc2c1. The average Bonchev–Trinajstić information content (AvgIpc) is 2.70. The first kappa shape index (κ1) is 20.3. The lowest BCUT2D eigenvalue weighted by atomic mass is 9.90. The van der Waals surface area contributed by atoms with Gasteiger partial charge < -0.3 is 4.74 Å². The van der Waals surface area contributed by atoms with Crippen LogP contribution in [0.2, 0.25) is 0 Å². The van der Waals surface area contributed by atoms with Gasteiger partial charge in [0.05, 0.1) is 24.7 Å². The molecule has 0 aliphatic carbocycles. The van der Waals surface area contributed by atoms with Crippen molar-refractivity contribution in [2.24, 2.45) is 0 Å². The third kappa shape index (κ3) is 4.37. The van der Waals surface area contributed by atoms with Crippen molar-refractivity contribution < 1.29 is 27.1 Å². The van der Waals surface area contributed by atoms with Gasteiger partial charge in [-0.1, -0.05) is 18.2 Å². The number of hydrogen-bond donors (Lipinski definition) is 0. The number of nitriles is 1. The van der Waals surface area contributed by atoms with Crippen LogP contribution in [0.1, 0.15) is 33.8 Å². The lowest BCUT2D eigenvalue weighted by molar-refractivity contribution is -0.137. The van der Waals surface area contributed by atoms with Gasteiger partial charge in [0.15, 0.2) is 5.78 Å². The van der Waals surface area contributed by atoms with Gasteiger partial charge in [0, 0.05) is 17.5 Å². The Balaban J connectivity index is 1.89. The molecule has 0 aromatic heterocycles. The summed E-state index contributed by atoms with van der Waals surface area (Å²) in [7, 11) is 1.54. The highest BCUT2D eigenvalue weighted by molar-refractivity contribution is 6.00. The van der Waals surface area contributed by atoms with Crippen LogP contribution in [0.5, 0.6) is 5.75 Å². The van der Waals surface area contributed by atoms with Crippen molar-refractivity contribution in [2.45, 2.75) is 18.5 Å². The van der Waals surface area contributed by atoms with Crippen LogP contribution in [0.3, 0.4) is 0 Å². The highest BCUT2D eigenvalue weighted by Crippen LogP contribution is 2.33. The van der Waals surface area contributed by atoms with Gasteiger partial charge in [-0.05, 0) is 47.2 Å². The summed E-state index contributed by atoms with van der Waals surface area (Å²) in [6.07, 6.45) is -5.11. The normalized spacial score (nSPS) is 12.4. The molecule has 29 heavy (non-hydrogen) atoms. The van der Waals surface area contributed by atoms with Gasteiger partial charge in [-0.15, -0.1) is 0 Å². The zero-order valence-corrected chi connectivity index (χ0v) is 15.3. The molecule has 0 saturated heterocycles. The van der Waals surface area contributed by atoms with Crippen LogP contribution in [-0.2, 0) is 6.18 Å². The number of carbonyl (C=O) groups excluding carboxylic acids is 1. The fourth-order valence-corrected chi connectivity index (χ4v) is 3.04. The molecule has 0 amide bonds. The number of benzene rings is 3. The van der Waals surface area contributed by atoms with E-state index in [4.69, 9.17) is 4.74 Å². The summed E-state index contributed by atoms with van der Waals surface area (Å²) in [6, 6.07) is 13.8. The van der Waals surface area contributed by atoms with Gasteiger partial charge in [0.1, 0.15) is 11.6 Å². The Hall–Kier alpha value is -3.40. The number of hydrogen-bond acceptors (Lipinski definition) is 3. The summed E-state index contributed by atoms with van der Waals surface area (Å²) in [5.74, 6) is -2.11. The molecular formula is C22H15F4NO2. The Morgan fingerprint density at radius 2 is 1.76 bits per heavy atom. The second kappa shape index (κ2) is 7.92. The summed E-state index contributed by atoms with van der Waals surface area (Å²) in [6.45, 7) is 0. The molecule has 0 saturated carbocycles. The lowest BCUT2D eigenvalue weighted by Crippen LogP contribution is -2.11. The minimum Gasteiger partial charge on any atom is -0.497 e. The highest BCUT2D eigenvalue weighted by Gasteiger charge is 2.32. The summed E-state index contributed by atoms with van der Waals surface area (Å²) in [5.41, 5.74) is -1.22. The number of ketones is 1. The molecule has 1 unspecified atom stereocenters. The Kier molecular flexibility index (Phi) is 5.55. The van der Waals surface area contributed by atoms with Crippen LogP contribution in [0, 0.1) is 17.1 Å². The Morgan fingerprint density at radius 1 is 1.07 bits per heavy atom. The maximum Gasteiger partial charge on any atom is 0.416 e. The van der Waals surface area contributed by atoms with Crippen molar-refractivity contribution in [3.05, 3.63) is 77.1 Å². The molecule has 1 atom stereocenters. The fourth-order valence-electron chi connectivity index (χ4n) is 3.04. The molecule has 148 valence electrons. The first-order valence-corrected chi connectivity index (χ1v) is 8.60. The maximum absolute atomic E-state index is 14.1. The lowest BCUT2D eigenvalue weighted by Gasteiger charge is -2.14. The number of halogens is 4. The molecule has 0 radical (unpaired) electrons. The van der Waals surface area contributed by atoms with E-state index >= 15 is 0 Å². The minimum absolute atomic E-state index is 0.287. The number of carbonyl (C=O) groups is 1. The van der Waals surface area contributed by atoms with E-state index in [1.165, 1.54) is 7.11 Å². The van der Waals surface area contributed by atoms with Crippen molar-refractivity contribution in [3.63, 3.8) is 0 Å². The minimum atomic E-state index is -4.67. The second-order valence-corrected chi connectivity index (χ2v) is 6.47. The number of fused-ring (bicyclic) bond motifs is 1. The first-order valence-electron chi connectivity index (χ1n) is 8.60. The third-order valence-electron chi connectivity index (χ3n) is 4.61. The van der Waals surface area contributed by atoms with Gasteiger partial charge in [0.25, 0.3) is 0 Å². The van der Waals surface area contributed by atoms with Gasteiger partial charge in [-0.3, -0.25) is 4.79 Å². The molecule has 0 bridgehead atoms. The summed E-state index contributed by atoms with van der Waals surface area (Å²) >= 11 is 0. The average molecular weight is 401 g/mol. The van der Waals surface area contributed by atoms with Crippen molar-refractivity contribution in [3.8, 4) is 11.8 Å². The van der Waals surface area contributed by atoms with Crippen molar-refractivity contribution in [1.29, 1.82) is 5.26 Å². The van der Waals surface area contributed by atoms with Crippen molar-refractivity contribution in [1.82, 2.24) is 0 Å². The molecule has 7 heteroatoms. The van der Waals surface area contributed by atoms with Gasteiger partial charge in [-0.2, -0.15) is 18.4 Å².